The third kappa shape index (κ3) is 2.77. The van der Waals surface area contributed by atoms with Gasteiger partial charge in [0.15, 0.2) is 0 Å². The van der Waals surface area contributed by atoms with Crippen LogP contribution in [0.2, 0.25) is 0 Å². The molecule has 2 aromatic heterocycles. The van der Waals surface area contributed by atoms with Gasteiger partial charge < -0.3 is 0 Å². The minimum atomic E-state index is 0.682. The van der Waals surface area contributed by atoms with E-state index in [2.05, 4.69) is 27.5 Å². The van der Waals surface area contributed by atoms with Gasteiger partial charge in [-0.3, -0.25) is 0 Å². The number of hydrogen-bond donors (Lipinski definition) is 0. The van der Waals surface area contributed by atoms with E-state index in [4.69, 9.17) is 11.6 Å². The Morgan fingerprint density at radius 1 is 1.05 bits per heavy atom. The first-order valence-corrected chi connectivity index (χ1v) is 7.65. The standard InChI is InChI=1S/C15H13ClN2S/c16-9-3-5-12-10-19-15(17-12)14-8-7-11-4-1-2-6-13(11)18-14/h1-2,4,6-8,10H,3,5,9H2. The van der Waals surface area contributed by atoms with Crippen molar-refractivity contribution in [3.8, 4) is 10.7 Å². The molecule has 0 aliphatic heterocycles. The molecule has 0 aliphatic carbocycles. The van der Waals surface area contributed by atoms with Crippen LogP contribution in [0, 0.1) is 0 Å². The van der Waals surface area contributed by atoms with E-state index in [1.54, 1.807) is 11.3 Å². The van der Waals surface area contributed by atoms with Gasteiger partial charge in [0.25, 0.3) is 0 Å². The molecule has 0 atom stereocenters. The van der Waals surface area contributed by atoms with E-state index in [9.17, 15) is 0 Å². The van der Waals surface area contributed by atoms with Crippen molar-refractivity contribution in [3.63, 3.8) is 0 Å². The van der Waals surface area contributed by atoms with Gasteiger partial charge in [-0.2, -0.15) is 0 Å². The van der Waals surface area contributed by atoms with Gasteiger partial charge in [0.05, 0.1) is 16.9 Å². The van der Waals surface area contributed by atoms with E-state index in [-0.39, 0.29) is 0 Å². The molecule has 0 fully saturated rings. The lowest BCUT2D eigenvalue weighted by Gasteiger charge is -1.99. The van der Waals surface area contributed by atoms with Crippen molar-refractivity contribution in [2.45, 2.75) is 12.8 Å². The third-order valence-corrected chi connectivity index (χ3v) is 4.12. The third-order valence-electron chi connectivity index (χ3n) is 2.94. The molecule has 3 rings (SSSR count). The Balaban J connectivity index is 1.92. The molecule has 0 saturated heterocycles. The van der Waals surface area contributed by atoms with Crippen molar-refractivity contribution in [1.29, 1.82) is 0 Å². The summed E-state index contributed by atoms with van der Waals surface area (Å²) in [5, 5.41) is 4.24. The molecule has 4 heteroatoms. The van der Waals surface area contributed by atoms with Gasteiger partial charge in [-0.1, -0.05) is 24.3 Å². The van der Waals surface area contributed by atoms with E-state index in [0.717, 1.165) is 40.1 Å². The van der Waals surface area contributed by atoms with Gasteiger partial charge in [-0.15, -0.1) is 22.9 Å². The van der Waals surface area contributed by atoms with Crippen LogP contribution in [0.25, 0.3) is 21.6 Å². The maximum Gasteiger partial charge on any atom is 0.142 e. The van der Waals surface area contributed by atoms with Crippen molar-refractivity contribution < 1.29 is 0 Å². The summed E-state index contributed by atoms with van der Waals surface area (Å²) in [7, 11) is 0. The quantitative estimate of drug-likeness (QED) is 0.659. The maximum absolute atomic E-state index is 5.70. The average molecular weight is 289 g/mol. The van der Waals surface area contributed by atoms with E-state index < -0.39 is 0 Å². The Morgan fingerprint density at radius 3 is 2.84 bits per heavy atom. The molecule has 0 N–H and O–H groups in total. The monoisotopic (exact) mass is 288 g/mol. The van der Waals surface area contributed by atoms with Crippen molar-refractivity contribution >= 4 is 33.8 Å². The average Bonchev–Trinajstić information content (AvgIpc) is 2.93. The molecule has 19 heavy (non-hydrogen) atoms. The molecule has 96 valence electrons. The lowest BCUT2D eigenvalue weighted by Crippen LogP contribution is -1.88. The molecule has 0 amide bonds. The molecule has 2 heterocycles. The molecular weight excluding hydrogens is 276 g/mol. The number of rotatable bonds is 4. The van der Waals surface area contributed by atoms with Gasteiger partial charge in [-0.05, 0) is 25.0 Å². The minimum Gasteiger partial charge on any atom is -0.245 e. The molecule has 3 aromatic rings. The summed E-state index contributed by atoms with van der Waals surface area (Å²) in [6.45, 7) is 0. The smallest absolute Gasteiger partial charge is 0.142 e. The minimum absolute atomic E-state index is 0.682. The van der Waals surface area contributed by atoms with E-state index in [1.807, 2.05) is 24.3 Å². The van der Waals surface area contributed by atoms with Crippen molar-refractivity contribution in [2.75, 3.05) is 5.88 Å². The number of para-hydroxylation sites is 1. The van der Waals surface area contributed by atoms with Crippen LogP contribution in [0.5, 0.6) is 0 Å². The number of halogens is 1. The van der Waals surface area contributed by atoms with E-state index >= 15 is 0 Å². The lowest BCUT2D eigenvalue weighted by atomic mass is 10.2. The highest BCUT2D eigenvalue weighted by Gasteiger charge is 2.06. The second-order valence-electron chi connectivity index (χ2n) is 4.33. The Morgan fingerprint density at radius 2 is 1.95 bits per heavy atom. The molecule has 0 unspecified atom stereocenters. The van der Waals surface area contributed by atoms with Crippen molar-refractivity contribution in [3.05, 3.63) is 47.5 Å². The van der Waals surface area contributed by atoms with Gasteiger partial charge in [0, 0.05) is 16.6 Å². The molecule has 0 radical (unpaired) electrons. The number of nitrogens with zero attached hydrogens (tertiary/aromatic N) is 2. The van der Waals surface area contributed by atoms with Gasteiger partial charge in [0.2, 0.25) is 0 Å². The van der Waals surface area contributed by atoms with Gasteiger partial charge in [0.1, 0.15) is 5.01 Å². The predicted molar refractivity (Wildman–Crippen MR) is 81.9 cm³/mol. The molecule has 2 nitrogen and oxygen atoms in total. The number of benzene rings is 1. The topological polar surface area (TPSA) is 25.8 Å². The molecule has 0 aliphatic rings. The Labute approximate surface area is 121 Å². The zero-order valence-electron chi connectivity index (χ0n) is 10.3. The molecule has 0 bridgehead atoms. The van der Waals surface area contributed by atoms with Crippen LogP contribution in [0.15, 0.2) is 41.8 Å². The van der Waals surface area contributed by atoms with Crippen LogP contribution >= 0.6 is 22.9 Å². The van der Waals surface area contributed by atoms with Crippen LogP contribution in [-0.4, -0.2) is 15.8 Å². The summed E-state index contributed by atoms with van der Waals surface area (Å²) in [5.74, 6) is 0.682. The van der Waals surface area contributed by atoms with Gasteiger partial charge >= 0.3 is 0 Å². The Kier molecular flexibility index (Phi) is 3.76. The molecule has 0 spiro atoms. The summed E-state index contributed by atoms with van der Waals surface area (Å²) in [6, 6.07) is 12.3. The predicted octanol–water partition coefficient (Wildman–Crippen LogP) is 4.53. The summed E-state index contributed by atoms with van der Waals surface area (Å²) < 4.78 is 0. The van der Waals surface area contributed by atoms with E-state index in [1.165, 1.54) is 0 Å². The number of pyridine rings is 1. The number of hydrogen-bond acceptors (Lipinski definition) is 3. The largest absolute Gasteiger partial charge is 0.245 e. The number of thiazole rings is 1. The summed E-state index contributed by atoms with van der Waals surface area (Å²) >= 11 is 7.35. The van der Waals surface area contributed by atoms with Crippen LogP contribution in [0.4, 0.5) is 0 Å². The Bertz CT molecular complexity index is 693. The van der Waals surface area contributed by atoms with Crippen LogP contribution in [0.3, 0.4) is 0 Å². The number of aryl methyl sites for hydroxylation is 1. The summed E-state index contributed by atoms with van der Waals surface area (Å²) in [6.07, 6.45) is 1.91. The maximum atomic E-state index is 5.70. The van der Waals surface area contributed by atoms with Crippen molar-refractivity contribution in [1.82, 2.24) is 9.97 Å². The van der Waals surface area contributed by atoms with Crippen molar-refractivity contribution in [2.24, 2.45) is 0 Å². The second kappa shape index (κ2) is 5.68. The first kappa shape index (κ1) is 12.6. The Hall–Kier alpha value is -1.45. The molecular formula is C15H13ClN2S. The number of fused-ring (bicyclic) bond motifs is 1. The van der Waals surface area contributed by atoms with Crippen LogP contribution in [-0.2, 0) is 6.42 Å². The highest BCUT2D eigenvalue weighted by atomic mass is 35.5. The van der Waals surface area contributed by atoms with Crippen LogP contribution < -0.4 is 0 Å². The summed E-state index contributed by atoms with van der Waals surface area (Å²) in [4.78, 5) is 9.28. The number of alkyl halides is 1. The highest BCUT2D eigenvalue weighted by Crippen LogP contribution is 2.24. The normalized spacial score (nSPS) is 11.0. The first-order chi connectivity index (χ1) is 9.36. The fourth-order valence-corrected chi connectivity index (χ4v) is 2.93. The summed E-state index contributed by atoms with van der Waals surface area (Å²) in [5.41, 5.74) is 3.06. The van der Waals surface area contributed by atoms with Crippen LogP contribution in [0.1, 0.15) is 12.1 Å². The fraction of sp³-hybridized carbons (Fsp3) is 0.200. The molecule has 0 saturated carbocycles. The lowest BCUT2D eigenvalue weighted by molar-refractivity contribution is 0.899. The number of aromatic nitrogens is 2. The first-order valence-electron chi connectivity index (χ1n) is 6.23. The SMILES string of the molecule is ClCCCc1csc(-c2ccc3ccccc3n2)n1. The highest BCUT2D eigenvalue weighted by molar-refractivity contribution is 7.13. The zero-order chi connectivity index (χ0) is 13.1. The zero-order valence-corrected chi connectivity index (χ0v) is 11.9. The molecule has 1 aromatic carbocycles. The fourth-order valence-electron chi connectivity index (χ4n) is 1.97. The second-order valence-corrected chi connectivity index (χ2v) is 5.56. The van der Waals surface area contributed by atoms with Gasteiger partial charge in [-0.25, -0.2) is 9.97 Å². The van der Waals surface area contributed by atoms with E-state index in [0.29, 0.717) is 5.88 Å².